The van der Waals surface area contributed by atoms with E-state index in [1.54, 1.807) is 6.92 Å². The minimum Gasteiger partial charge on any atom is -0.504 e. The van der Waals surface area contributed by atoms with E-state index in [1.807, 2.05) is 13.8 Å². The highest BCUT2D eigenvalue weighted by Gasteiger charge is 2.55. The first kappa shape index (κ1) is 13.7. The molecule has 102 valence electrons. The molecule has 0 saturated heterocycles. The van der Waals surface area contributed by atoms with Crippen molar-refractivity contribution >= 4 is 17.3 Å². The van der Waals surface area contributed by atoms with Crippen molar-refractivity contribution in [1.29, 1.82) is 0 Å². The van der Waals surface area contributed by atoms with E-state index in [2.05, 4.69) is 0 Å². The van der Waals surface area contributed by atoms with Gasteiger partial charge in [-0.1, -0.05) is 20.8 Å². The molecule has 2 rings (SSSR count). The highest BCUT2D eigenvalue weighted by molar-refractivity contribution is 6.22. The lowest BCUT2D eigenvalue weighted by Gasteiger charge is -2.39. The molecule has 0 unspecified atom stereocenters. The maximum Gasteiger partial charge on any atom is 0.223 e. The third kappa shape index (κ3) is 1.78. The molecule has 19 heavy (non-hydrogen) atoms. The molecule has 0 heterocycles. The molecular formula is C15H18O4. The molecule has 0 radical (unpaired) electrons. The summed E-state index contributed by atoms with van der Waals surface area (Å²) in [7, 11) is 0. The molecule has 0 spiro atoms. The molecule has 0 aromatic rings. The van der Waals surface area contributed by atoms with Gasteiger partial charge in [-0.3, -0.25) is 14.4 Å². The SMILES string of the molecule is CC1=CC(=O)C([C@]2(C)CC(=O)CC2(C)C)=C(O)C1=O. The van der Waals surface area contributed by atoms with E-state index in [9.17, 15) is 19.5 Å². The molecule has 1 saturated carbocycles. The Bertz CT molecular complexity index is 563. The van der Waals surface area contributed by atoms with Crippen LogP contribution in [0.5, 0.6) is 0 Å². The Morgan fingerprint density at radius 3 is 2.16 bits per heavy atom. The van der Waals surface area contributed by atoms with Gasteiger partial charge in [0.05, 0.1) is 5.57 Å². The van der Waals surface area contributed by atoms with Gasteiger partial charge >= 0.3 is 0 Å². The van der Waals surface area contributed by atoms with E-state index in [1.165, 1.54) is 13.0 Å². The van der Waals surface area contributed by atoms with Gasteiger partial charge in [-0.05, 0) is 18.4 Å². The van der Waals surface area contributed by atoms with E-state index >= 15 is 0 Å². The Balaban J connectivity index is 2.61. The first-order chi connectivity index (χ1) is 8.60. The summed E-state index contributed by atoms with van der Waals surface area (Å²) in [4.78, 5) is 35.8. The summed E-state index contributed by atoms with van der Waals surface area (Å²) in [5.41, 5.74) is -0.920. The summed E-state index contributed by atoms with van der Waals surface area (Å²) < 4.78 is 0. The Labute approximate surface area is 112 Å². The van der Waals surface area contributed by atoms with Gasteiger partial charge in [0.15, 0.2) is 11.5 Å². The molecule has 4 nitrogen and oxygen atoms in total. The number of allylic oxidation sites excluding steroid dienone is 3. The van der Waals surface area contributed by atoms with Crippen molar-refractivity contribution < 1.29 is 19.5 Å². The number of aliphatic hydroxyl groups is 1. The molecule has 0 amide bonds. The summed E-state index contributed by atoms with van der Waals surface area (Å²) in [5.74, 6) is -1.32. The number of hydrogen-bond donors (Lipinski definition) is 1. The van der Waals surface area contributed by atoms with Crippen LogP contribution in [0.4, 0.5) is 0 Å². The molecule has 0 aromatic carbocycles. The zero-order valence-electron chi connectivity index (χ0n) is 11.7. The van der Waals surface area contributed by atoms with Crippen LogP contribution in [-0.2, 0) is 14.4 Å². The van der Waals surface area contributed by atoms with Crippen molar-refractivity contribution in [1.82, 2.24) is 0 Å². The van der Waals surface area contributed by atoms with Crippen LogP contribution in [0.25, 0.3) is 0 Å². The predicted molar refractivity (Wildman–Crippen MR) is 69.6 cm³/mol. The Hall–Kier alpha value is -1.71. The van der Waals surface area contributed by atoms with Gasteiger partial charge in [0.2, 0.25) is 5.78 Å². The summed E-state index contributed by atoms with van der Waals surface area (Å²) in [5, 5.41) is 10.1. The fraction of sp³-hybridized carbons (Fsp3) is 0.533. The second-order valence-electron chi connectivity index (χ2n) is 6.35. The molecule has 0 bridgehead atoms. The van der Waals surface area contributed by atoms with Crippen LogP contribution in [0.1, 0.15) is 40.5 Å². The summed E-state index contributed by atoms with van der Waals surface area (Å²) >= 11 is 0. The lowest BCUT2D eigenvalue weighted by Crippen LogP contribution is -2.37. The molecule has 1 fully saturated rings. The summed E-state index contributed by atoms with van der Waals surface area (Å²) in [6, 6.07) is 0. The van der Waals surface area contributed by atoms with Gasteiger partial charge in [-0.2, -0.15) is 0 Å². The van der Waals surface area contributed by atoms with Crippen LogP contribution in [0, 0.1) is 10.8 Å². The normalized spacial score (nSPS) is 30.9. The van der Waals surface area contributed by atoms with Gasteiger partial charge in [0.1, 0.15) is 5.78 Å². The number of ketones is 3. The smallest absolute Gasteiger partial charge is 0.223 e. The highest BCUT2D eigenvalue weighted by atomic mass is 16.3. The monoisotopic (exact) mass is 262 g/mol. The number of carbonyl (C=O) groups is 3. The number of rotatable bonds is 1. The second-order valence-corrected chi connectivity index (χ2v) is 6.35. The average molecular weight is 262 g/mol. The van der Waals surface area contributed by atoms with Gasteiger partial charge in [0.25, 0.3) is 0 Å². The van der Waals surface area contributed by atoms with Crippen LogP contribution in [0.2, 0.25) is 0 Å². The van der Waals surface area contributed by atoms with Crippen molar-refractivity contribution in [2.75, 3.05) is 0 Å². The summed E-state index contributed by atoms with van der Waals surface area (Å²) in [6.45, 7) is 7.06. The van der Waals surface area contributed by atoms with Gasteiger partial charge in [-0.25, -0.2) is 0 Å². The fourth-order valence-electron chi connectivity index (χ4n) is 3.10. The van der Waals surface area contributed by atoms with Crippen molar-refractivity contribution in [2.45, 2.75) is 40.5 Å². The van der Waals surface area contributed by atoms with E-state index < -0.39 is 22.4 Å². The Kier molecular flexibility index (Phi) is 2.81. The third-order valence-corrected chi connectivity index (χ3v) is 4.64. The number of carbonyl (C=O) groups excluding carboxylic acids is 3. The zero-order chi connectivity index (χ0) is 14.6. The third-order valence-electron chi connectivity index (χ3n) is 4.64. The maximum atomic E-state index is 12.2. The van der Waals surface area contributed by atoms with E-state index in [0.29, 0.717) is 6.42 Å². The lowest BCUT2D eigenvalue weighted by molar-refractivity contribution is -0.119. The minimum atomic E-state index is -0.794. The Morgan fingerprint density at radius 1 is 1.11 bits per heavy atom. The van der Waals surface area contributed by atoms with Gasteiger partial charge in [0, 0.05) is 23.8 Å². The molecule has 0 aliphatic heterocycles. The van der Waals surface area contributed by atoms with Crippen LogP contribution >= 0.6 is 0 Å². The van der Waals surface area contributed by atoms with Crippen molar-refractivity contribution in [2.24, 2.45) is 10.8 Å². The van der Waals surface area contributed by atoms with E-state index in [4.69, 9.17) is 0 Å². The van der Waals surface area contributed by atoms with E-state index in [-0.39, 0.29) is 29.1 Å². The number of aliphatic hydroxyl groups excluding tert-OH is 1. The summed E-state index contributed by atoms with van der Waals surface area (Å²) in [6.07, 6.45) is 1.79. The van der Waals surface area contributed by atoms with Crippen molar-refractivity contribution in [3.05, 3.63) is 23.0 Å². The largest absolute Gasteiger partial charge is 0.504 e. The standard InChI is InChI=1S/C15H18O4/c1-8-5-10(17)11(13(19)12(8)18)15(4)7-9(16)6-14(15,2)3/h5,19H,6-7H2,1-4H3/t15-/m0/s1. The first-order valence-electron chi connectivity index (χ1n) is 6.33. The van der Waals surface area contributed by atoms with Crippen molar-refractivity contribution in [3.8, 4) is 0 Å². The zero-order valence-corrected chi connectivity index (χ0v) is 11.7. The average Bonchev–Trinajstić information content (AvgIpc) is 2.44. The van der Waals surface area contributed by atoms with Crippen LogP contribution in [0.15, 0.2) is 23.0 Å². The number of Topliss-reactive ketones (excluding diaryl/α,β-unsaturated/α-hetero) is 2. The van der Waals surface area contributed by atoms with E-state index in [0.717, 1.165) is 0 Å². The Morgan fingerprint density at radius 2 is 1.68 bits per heavy atom. The topological polar surface area (TPSA) is 71.4 Å². The number of hydrogen-bond acceptors (Lipinski definition) is 4. The highest BCUT2D eigenvalue weighted by Crippen LogP contribution is 2.56. The van der Waals surface area contributed by atoms with Crippen LogP contribution < -0.4 is 0 Å². The lowest BCUT2D eigenvalue weighted by atomic mass is 9.62. The molecule has 1 atom stereocenters. The second kappa shape index (κ2) is 3.89. The molecular weight excluding hydrogens is 244 g/mol. The van der Waals surface area contributed by atoms with Gasteiger partial charge in [-0.15, -0.1) is 0 Å². The molecule has 2 aliphatic carbocycles. The quantitative estimate of drug-likeness (QED) is 0.736. The van der Waals surface area contributed by atoms with Crippen LogP contribution in [-0.4, -0.2) is 22.5 Å². The fourth-order valence-corrected chi connectivity index (χ4v) is 3.10. The van der Waals surface area contributed by atoms with Crippen LogP contribution in [0.3, 0.4) is 0 Å². The molecule has 4 heteroatoms. The predicted octanol–water partition coefficient (Wildman–Crippen LogP) is 2.29. The minimum absolute atomic E-state index is 0.0549. The van der Waals surface area contributed by atoms with Crippen molar-refractivity contribution in [3.63, 3.8) is 0 Å². The van der Waals surface area contributed by atoms with Gasteiger partial charge < -0.3 is 5.11 Å². The molecule has 1 N–H and O–H groups in total. The first-order valence-corrected chi connectivity index (χ1v) is 6.33. The molecule has 2 aliphatic rings. The maximum absolute atomic E-state index is 12.2. The molecule has 0 aromatic heterocycles.